The molecule has 0 aromatic carbocycles. The summed E-state index contributed by atoms with van der Waals surface area (Å²) in [5, 5.41) is 18.3. The van der Waals surface area contributed by atoms with Crippen LogP contribution in [0.5, 0.6) is 0 Å². The van der Waals surface area contributed by atoms with Gasteiger partial charge in [0, 0.05) is 6.20 Å². The summed E-state index contributed by atoms with van der Waals surface area (Å²) in [5.41, 5.74) is -0.0910. The van der Waals surface area contributed by atoms with Crippen LogP contribution in [0.4, 0.5) is 5.69 Å². The van der Waals surface area contributed by atoms with Gasteiger partial charge in [-0.15, -0.1) is 0 Å². The van der Waals surface area contributed by atoms with Gasteiger partial charge in [0.15, 0.2) is 0 Å². The molecule has 0 unspecified atom stereocenters. The highest BCUT2D eigenvalue weighted by Crippen LogP contribution is 2.30. The maximum Gasteiger partial charge on any atom is 0.127 e. The SMILES string of the molecule is [O-]N(O)c1c[nH]c(Cl)c1Cl. The lowest BCUT2D eigenvalue weighted by atomic mass is 10.5. The molecule has 0 aliphatic carbocycles. The largest absolute Gasteiger partial charge is 0.733 e. The third-order valence-electron chi connectivity index (χ3n) is 0.959. The summed E-state index contributed by atoms with van der Waals surface area (Å²) in [7, 11) is 0. The standard InChI is InChI=1S/C4H3Cl2N2O2/c5-3-2(8(9)10)1-7-4(3)6/h1,7,9H/q-1. The molecule has 0 aliphatic heterocycles. The molecule has 0 radical (unpaired) electrons. The number of halogens is 2. The molecular weight excluding hydrogens is 179 g/mol. The highest BCUT2D eigenvalue weighted by atomic mass is 35.5. The minimum absolute atomic E-state index is 0.0131. The number of anilines is 1. The van der Waals surface area contributed by atoms with Gasteiger partial charge in [0.2, 0.25) is 0 Å². The molecule has 1 aromatic rings. The van der Waals surface area contributed by atoms with E-state index in [0.717, 1.165) is 0 Å². The highest BCUT2D eigenvalue weighted by Gasteiger charge is 2.06. The van der Waals surface area contributed by atoms with Gasteiger partial charge in [0.05, 0.1) is 5.69 Å². The van der Waals surface area contributed by atoms with Crippen molar-refractivity contribution in [1.82, 2.24) is 4.98 Å². The molecule has 0 spiro atoms. The summed E-state index contributed by atoms with van der Waals surface area (Å²) in [5.74, 6) is 0. The third kappa shape index (κ3) is 1.19. The molecule has 2 N–H and O–H groups in total. The van der Waals surface area contributed by atoms with E-state index in [9.17, 15) is 5.21 Å². The van der Waals surface area contributed by atoms with Crippen molar-refractivity contribution in [3.8, 4) is 0 Å². The zero-order valence-corrected chi connectivity index (χ0v) is 6.15. The van der Waals surface area contributed by atoms with E-state index in [1.165, 1.54) is 6.20 Å². The molecule has 6 heteroatoms. The zero-order chi connectivity index (χ0) is 7.72. The van der Waals surface area contributed by atoms with Gasteiger partial charge in [0.1, 0.15) is 10.2 Å². The van der Waals surface area contributed by atoms with Crippen LogP contribution in [0.25, 0.3) is 0 Å². The summed E-state index contributed by atoms with van der Waals surface area (Å²) < 4.78 is 0. The van der Waals surface area contributed by atoms with Crippen LogP contribution in [0.15, 0.2) is 6.20 Å². The number of hydrogen-bond donors (Lipinski definition) is 2. The maximum absolute atomic E-state index is 10.2. The van der Waals surface area contributed by atoms with Crippen LogP contribution in [0.2, 0.25) is 10.2 Å². The van der Waals surface area contributed by atoms with Crippen molar-refractivity contribution in [2.75, 3.05) is 5.23 Å². The summed E-state index contributed by atoms with van der Waals surface area (Å²) in [4.78, 5) is 2.45. The molecule has 1 rings (SSSR count). The first kappa shape index (κ1) is 7.68. The monoisotopic (exact) mass is 181 g/mol. The first-order chi connectivity index (χ1) is 4.63. The van der Waals surface area contributed by atoms with Crippen molar-refractivity contribution < 1.29 is 5.21 Å². The minimum Gasteiger partial charge on any atom is -0.733 e. The van der Waals surface area contributed by atoms with Crippen molar-refractivity contribution in [3.63, 3.8) is 0 Å². The number of aromatic amines is 1. The van der Waals surface area contributed by atoms with Crippen molar-refractivity contribution in [3.05, 3.63) is 21.6 Å². The molecule has 0 saturated carbocycles. The molecule has 0 bridgehead atoms. The molecule has 0 fully saturated rings. The zero-order valence-electron chi connectivity index (χ0n) is 4.64. The molecule has 1 heterocycles. The topological polar surface area (TPSA) is 62.3 Å². The molecule has 0 atom stereocenters. The second-order valence-corrected chi connectivity index (χ2v) is 2.33. The van der Waals surface area contributed by atoms with Crippen LogP contribution < -0.4 is 5.23 Å². The van der Waals surface area contributed by atoms with E-state index in [4.69, 9.17) is 28.4 Å². The number of nitrogens with one attached hydrogen (secondary N) is 1. The van der Waals surface area contributed by atoms with Gasteiger partial charge in [-0.1, -0.05) is 23.2 Å². The van der Waals surface area contributed by atoms with Gasteiger partial charge in [-0.3, -0.25) is 5.21 Å². The Morgan fingerprint density at radius 2 is 2.20 bits per heavy atom. The van der Waals surface area contributed by atoms with Crippen LogP contribution >= 0.6 is 23.2 Å². The van der Waals surface area contributed by atoms with Crippen molar-refractivity contribution >= 4 is 28.9 Å². The minimum atomic E-state index is -0.356. The Morgan fingerprint density at radius 3 is 2.40 bits per heavy atom. The fourth-order valence-electron chi connectivity index (χ4n) is 0.510. The summed E-state index contributed by atoms with van der Waals surface area (Å²) in [6.45, 7) is 0. The van der Waals surface area contributed by atoms with Gasteiger partial charge < -0.3 is 15.4 Å². The van der Waals surface area contributed by atoms with Gasteiger partial charge >= 0.3 is 0 Å². The number of nitrogens with zero attached hydrogens (tertiary/aromatic N) is 1. The first-order valence-corrected chi connectivity index (χ1v) is 3.07. The summed E-state index contributed by atoms with van der Waals surface area (Å²) in [6.07, 6.45) is 1.21. The molecule has 1 aromatic heterocycles. The Labute approximate surface area is 66.5 Å². The molecular formula is C4H3Cl2N2O2-. The summed E-state index contributed by atoms with van der Waals surface area (Å²) in [6, 6.07) is 0. The average Bonchev–Trinajstić information content (AvgIpc) is 2.14. The molecule has 0 amide bonds. The Morgan fingerprint density at radius 1 is 1.60 bits per heavy atom. The lowest BCUT2D eigenvalue weighted by Crippen LogP contribution is -2.05. The van der Waals surface area contributed by atoms with Gasteiger partial charge in [-0.25, -0.2) is 0 Å². The molecule has 0 saturated heterocycles. The molecule has 10 heavy (non-hydrogen) atoms. The quantitative estimate of drug-likeness (QED) is 0.653. The smallest absolute Gasteiger partial charge is 0.127 e. The fourth-order valence-corrected chi connectivity index (χ4v) is 0.843. The van der Waals surface area contributed by atoms with Crippen molar-refractivity contribution in [2.24, 2.45) is 0 Å². The highest BCUT2D eigenvalue weighted by molar-refractivity contribution is 6.43. The Bertz CT molecular complexity index is 235. The van der Waals surface area contributed by atoms with Crippen LogP contribution in [-0.4, -0.2) is 10.2 Å². The second-order valence-electron chi connectivity index (χ2n) is 1.57. The van der Waals surface area contributed by atoms with E-state index in [1.807, 2.05) is 0 Å². The van der Waals surface area contributed by atoms with Crippen LogP contribution in [-0.2, 0) is 0 Å². The first-order valence-electron chi connectivity index (χ1n) is 2.31. The normalized spacial score (nSPS) is 10.0. The Balaban J connectivity index is 3.05. The molecule has 0 aliphatic rings. The maximum atomic E-state index is 10.2. The van der Waals surface area contributed by atoms with Gasteiger partial charge in [-0.2, -0.15) is 0 Å². The predicted molar refractivity (Wildman–Crippen MR) is 38.4 cm³/mol. The van der Waals surface area contributed by atoms with Crippen molar-refractivity contribution in [2.45, 2.75) is 0 Å². The van der Waals surface area contributed by atoms with Crippen molar-refractivity contribution in [1.29, 1.82) is 0 Å². The number of aromatic nitrogens is 1. The van der Waals surface area contributed by atoms with Crippen LogP contribution in [0.1, 0.15) is 0 Å². The lowest BCUT2D eigenvalue weighted by Gasteiger charge is -2.19. The number of rotatable bonds is 1. The molecule has 56 valence electrons. The second kappa shape index (κ2) is 2.67. The fraction of sp³-hybridized carbons (Fsp3) is 0. The van der Waals surface area contributed by atoms with Gasteiger partial charge in [0.25, 0.3) is 0 Å². The number of H-pyrrole nitrogens is 1. The van der Waals surface area contributed by atoms with E-state index in [2.05, 4.69) is 4.98 Å². The van der Waals surface area contributed by atoms with E-state index in [-0.39, 0.29) is 21.1 Å². The van der Waals surface area contributed by atoms with E-state index < -0.39 is 0 Å². The average molecular weight is 182 g/mol. The molecule has 4 nitrogen and oxygen atoms in total. The predicted octanol–water partition coefficient (Wildman–Crippen LogP) is 2.01. The van der Waals surface area contributed by atoms with Gasteiger partial charge in [-0.05, 0) is 0 Å². The Kier molecular flexibility index (Phi) is 2.05. The summed E-state index contributed by atoms with van der Waals surface area (Å²) >= 11 is 10.8. The lowest BCUT2D eigenvalue weighted by molar-refractivity contribution is 0.296. The number of hydrogen-bond acceptors (Lipinski definition) is 3. The third-order valence-corrected chi connectivity index (χ3v) is 1.74. The van der Waals surface area contributed by atoms with E-state index in [1.54, 1.807) is 0 Å². The van der Waals surface area contributed by atoms with E-state index >= 15 is 0 Å². The van der Waals surface area contributed by atoms with E-state index in [0.29, 0.717) is 0 Å². The van der Waals surface area contributed by atoms with Crippen LogP contribution in [0.3, 0.4) is 0 Å². The van der Waals surface area contributed by atoms with Crippen LogP contribution in [0, 0.1) is 5.21 Å². The Hall–Kier alpha value is -0.420.